The number of carbonyl (C=O) groups is 1. The van der Waals surface area contributed by atoms with Crippen LogP contribution in [0.1, 0.15) is 23.2 Å². The van der Waals surface area contributed by atoms with Crippen LogP contribution in [0.15, 0.2) is 18.2 Å². The van der Waals surface area contributed by atoms with Crippen LogP contribution in [0.5, 0.6) is 5.75 Å². The second-order valence-electron chi connectivity index (χ2n) is 3.38. The highest BCUT2D eigenvalue weighted by Gasteiger charge is 2.28. The van der Waals surface area contributed by atoms with Crippen molar-refractivity contribution in [3.05, 3.63) is 29.6 Å². The summed E-state index contributed by atoms with van der Waals surface area (Å²) >= 11 is 0. The van der Waals surface area contributed by atoms with Gasteiger partial charge in [-0.25, -0.2) is 4.39 Å². The quantitative estimate of drug-likeness (QED) is 0.605. The molecule has 2 nitrogen and oxygen atoms in total. The van der Waals surface area contributed by atoms with Gasteiger partial charge in [-0.15, -0.1) is 0 Å². The lowest BCUT2D eigenvalue weighted by Crippen LogP contribution is -2.11. The van der Waals surface area contributed by atoms with Gasteiger partial charge in [0.2, 0.25) is 0 Å². The summed E-state index contributed by atoms with van der Waals surface area (Å²) in [6, 6.07) is 3.40. The summed E-state index contributed by atoms with van der Waals surface area (Å²) in [6.07, 6.45) is -6.43. The molecular formula is C11H10F4O2. The second-order valence-corrected chi connectivity index (χ2v) is 3.38. The molecular weight excluding hydrogens is 240 g/mol. The number of Topliss-reactive ketones (excluding diaryl/α,β-unsaturated/α-hetero) is 1. The standard InChI is InChI=1S/C11H10F4O2/c1-17-7-2-3-8(9(12)6-7)10(16)4-5-11(13,14)15/h2-3,6H,4-5H2,1H3. The van der Waals surface area contributed by atoms with Gasteiger partial charge in [0.1, 0.15) is 11.6 Å². The van der Waals surface area contributed by atoms with E-state index in [0.717, 1.165) is 12.1 Å². The number of methoxy groups -OCH3 is 1. The normalized spacial score (nSPS) is 11.4. The number of hydrogen-bond donors (Lipinski definition) is 0. The van der Waals surface area contributed by atoms with Crippen molar-refractivity contribution in [1.82, 2.24) is 0 Å². The van der Waals surface area contributed by atoms with E-state index in [1.165, 1.54) is 13.2 Å². The number of ether oxygens (including phenoxy) is 1. The molecule has 1 aromatic rings. The molecule has 0 radical (unpaired) electrons. The van der Waals surface area contributed by atoms with E-state index in [-0.39, 0.29) is 11.3 Å². The lowest BCUT2D eigenvalue weighted by atomic mass is 10.1. The molecule has 0 aliphatic carbocycles. The van der Waals surface area contributed by atoms with Crippen molar-refractivity contribution in [3.8, 4) is 5.75 Å². The minimum Gasteiger partial charge on any atom is -0.497 e. The number of carbonyl (C=O) groups excluding carboxylic acids is 1. The maximum atomic E-state index is 13.3. The van der Waals surface area contributed by atoms with Crippen LogP contribution in [0.2, 0.25) is 0 Å². The number of hydrogen-bond acceptors (Lipinski definition) is 2. The maximum absolute atomic E-state index is 13.3. The van der Waals surface area contributed by atoms with Crippen LogP contribution in [0, 0.1) is 5.82 Å². The third-order valence-electron chi connectivity index (χ3n) is 2.11. The molecule has 0 saturated carbocycles. The Morgan fingerprint density at radius 3 is 2.47 bits per heavy atom. The van der Waals surface area contributed by atoms with Crippen molar-refractivity contribution in [2.75, 3.05) is 7.11 Å². The van der Waals surface area contributed by atoms with Gasteiger partial charge in [-0.1, -0.05) is 0 Å². The fourth-order valence-electron chi connectivity index (χ4n) is 1.24. The van der Waals surface area contributed by atoms with E-state index in [4.69, 9.17) is 4.74 Å². The van der Waals surface area contributed by atoms with E-state index >= 15 is 0 Å². The largest absolute Gasteiger partial charge is 0.497 e. The van der Waals surface area contributed by atoms with Gasteiger partial charge in [-0.3, -0.25) is 4.79 Å². The molecule has 0 N–H and O–H groups in total. The average molecular weight is 250 g/mol. The zero-order valence-corrected chi connectivity index (χ0v) is 8.97. The lowest BCUT2D eigenvalue weighted by molar-refractivity contribution is -0.133. The third kappa shape index (κ3) is 4.05. The van der Waals surface area contributed by atoms with Crippen molar-refractivity contribution in [2.24, 2.45) is 0 Å². The predicted molar refractivity (Wildman–Crippen MR) is 52.6 cm³/mol. The lowest BCUT2D eigenvalue weighted by Gasteiger charge is -2.07. The highest BCUT2D eigenvalue weighted by Crippen LogP contribution is 2.24. The highest BCUT2D eigenvalue weighted by atomic mass is 19.4. The first-order valence-electron chi connectivity index (χ1n) is 4.77. The highest BCUT2D eigenvalue weighted by molar-refractivity contribution is 5.96. The number of alkyl halides is 3. The molecule has 1 aromatic carbocycles. The molecule has 0 atom stereocenters. The van der Waals surface area contributed by atoms with Crippen LogP contribution in [0.25, 0.3) is 0 Å². The average Bonchev–Trinajstić information content (AvgIpc) is 2.24. The fourth-order valence-corrected chi connectivity index (χ4v) is 1.24. The van der Waals surface area contributed by atoms with Gasteiger partial charge in [0.25, 0.3) is 0 Å². The van der Waals surface area contributed by atoms with E-state index in [2.05, 4.69) is 0 Å². The number of ketones is 1. The van der Waals surface area contributed by atoms with Crippen LogP contribution in [0.4, 0.5) is 17.6 Å². The summed E-state index contributed by atoms with van der Waals surface area (Å²) in [7, 11) is 1.32. The van der Waals surface area contributed by atoms with Crippen LogP contribution in [-0.4, -0.2) is 19.1 Å². The van der Waals surface area contributed by atoms with Crippen LogP contribution >= 0.6 is 0 Å². The van der Waals surface area contributed by atoms with Crippen molar-refractivity contribution >= 4 is 5.78 Å². The molecule has 0 amide bonds. The molecule has 94 valence electrons. The predicted octanol–water partition coefficient (Wildman–Crippen LogP) is 3.36. The first-order chi connectivity index (χ1) is 7.83. The van der Waals surface area contributed by atoms with Gasteiger partial charge in [0, 0.05) is 12.5 Å². The molecule has 0 aromatic heterocycles. The SMILES string of the molecule is COc1ccc(C(=O)CCC(F)(F)F)c(F)c1. The minimum atomic E-state index is -4.42. The maximum Gasteiger partial charge on any atom is 0.389 e. The summed E-state index contributed by atoms with van der Waals surface area (Å²) in [4.78, 5) is 11.3. The monoisotopic (exact) mass is 250 g/mol. The molecule has 1 rings (SSSR count). The topological polar surface area (TPSA) is 26.3 Å². The number of benzene rings is 1. The van der Waals surface area contributed by atoms with Crippen LogP contribution < -0.4 is 4.74 Å². The Balaban J connectivity index is 2.76. The van der Waals surface area contributed by atoms with Gasteiger partial charge < -0.3 is 4.74 Å². The molecule has 0 fully saturated rings. The zero-order valence-electron chi connectivity index (χ0n) is 8.97. The van der Waals surface area contributed by atoms with Crippen molar-refractivity contribution < 1.29 is 27.1 Å². The third-order valence-corrected chi connectivity index (χ3v) is 2.11. The molecule has 0 spiro atoms. The van der Waals surface area contributed by atoms with E-state index < -0.39 is 30.6 Å². The Morgan fingerprint density at radius 2 is 2.00 bits per heavy atom. The van der Waals surface area contributed by atoms with Crippen molar-refractivity contribution in [3.63, 3.8) is 0 Å². The molecule has 17 heavy (non-hydrogen) atoms. The molecule has 0 bridgehead atoms. The van der Waals surface area contributed by atoms with E-state index in [9.17, 15) is 22.4 Å². The Bertz CT molecular complexity index is 412. The van der Waals surface area contributed by atoms with Gasteiger partial charge >= 0.3 is 6.18 Å². The zero-order chi connectivity index (χ0) is 13.1. The van der Waals surface area contributed by atoms with E-state index in [1.807, 2.05) is 0 Å². The summed E-state index contributed by atoms with van der Waals surface area (Å²) in [5.41, 5.74) is -0.352. The molecule has 6 heteroatoms. The fraction of sp³-hybridized carbons (Fsp3) is 0.364. The Morgan fingerprint density at radius 1 is 1.35 bits per heavy atom. The minimum absolute atomic E-state index is 0.204. The molecule has 0 heterocycles. The number of rotatable bonds is 4. The van der Waals surface area contributed by atoms with Gasteiger partial charge in [-0.05, 0) is 12.1 Å². The van der Waals surface area contributed by atoms with Gasteiger partial charge in [0.05, 0.1) is 19.1 Å². The summed E-state index contributed by atoms with van der Waals surface area (Å²) in [6.45, 7) is 0. The van der Waals surface area contributed by atoms with Crippen molar-refractivity contribution in [1.29, 1.82) is 0 Å². The van der Waals surface area contributed by atoms with Crippen LogP contribution in [0.3, 0.4) is 0 Å². The summed E-state index contributed by atoms with van der Waals surface area (Å²) in [5.74, 6) is -1.55. The molecule has 0 aliphatic rings. The van der Waals surface area contributed by atoms with Crippen molar-refractivity contribution in [2.45, 2.75) is 19.0 Å². The molecule has 0 aliphatic heterocycles. The van der Waals surface area contributed by atoms with E-state index in [0.29, 0.717) is 0 Å². The first kappa shape index (κ1) is 13.5. The Labute approximate surface area is 95.2 Å². The second kappa shape index (κ2) is 5.16. The Kier molecular flexibility index (Phi) is 4.09. The summed E-state index contributed by atoms with van der Waals surface area (Å²) in [5, 5.41) is 0. The Hall–Kier alpha value is -1.59. The first-order valence-corrected chi connectivity index (χ1v) is 4.77. The van der Waals surface area contributed by atoms with E-state index in [1.54, 1.807) is 0 Å². The number of halogens is 4. The van der Waals surface area contributed by atoms with Gasteiger partial charge in [-0.2, -0.15) is 13.2 Å². The van der Waals surface area contributed by atoms with Crippen LogP contribution in [-0.2, 0) is 0 Å². The molecule has 0 unspecified atom stereocenters. The molecule has 0 saturated heterocycles. The smallest absolute Gasteiger partial charge is 0.389 e. The summed E-state index contributed by atoms with van der Waals surface area (Å²) < 4.78 is 53.7. The van der Waals surface area contributed by atoms with Gasteiger partial charge in [0.15, 0.2) is 5.78 Å².